The summed E-state index contributed by atoms with van der Waals surface area (Å²) in [7, 11) is 0. The lowest BCUT2D eigenvalue weighted by Gasteiger charge is -2.26. The topological polar surface area (TPSA) is 38.3 Å². The van der Waals surface area contributed by atoms with Gasteiger partial charge in [-0.05, 0) is 47.9 Å². The molecule has 2 aromatic rings. The summed E-state index contributed by atoms with van der Waals surface area (Å²) < 4.78 is 42.0. The first kappa shape index (κ1) is 17.7. The van der Waals surface area contributed by atoms with E-state index >= 15 is 0 Å². The van der Waals surface area contributed by atoms with Crippen molar-refractivity contribution in [1.29, 1.82) is 0 Å². The molecule has 25 heavy (non-hydrogen) atoms. The number of fused-ring (bicyclic) bond motifs is 1. The molecule has 1 N–H and O–H groups in total. The van der Waals surface area contributed by atoms with E-state index < -0.39 is 6.61 Å². The first-order valence-corrected chi connectivity index (χ1v) is 8.75. The number of halogens is 3. The zero-order valence-corrected chi connectivity index (χ0v) is 14.0. The average molecular weight is 367 g/mol. The van der Waals surface area contributed by atoms with E-state index in [1.807, 2.05) is 0 Å². The van der Waals surface area contributed by atoms with Gasteiger partial charge in [0, 0.05) is 10.6 Å². The maximum Gasteiger partial charge on any atom is 0.387 e. The van der Waals surface area contributed by atoms with Gasteiger partial charge in [-0.3, -0.25) is 4.79 Å². The minimum Gasteiger partial charge on any atom is -0.435 e. The number of hydrogen-bond acceptors (Lipinski definition) is 3. The van der Waals surface area contributed by atoms with Gasteiger partial charge in [-0.15, -0.1) is 11.8 Å². The Hall–Kier alpha value is -2.15. The van der Waals surface area contributed by atoms with Gasteiger partial charge in [0.05, 0.1) is 12.5 Å². The zero-order valence-electron chi connectivity index (χ0n) is 13.2. The van der Waals surface area contributed by atoms with Crippen molar-refractivity contribution in [2.45, 2.75) is 30.4 Å². The second-order valence-corrected chi connectivity index (χ2v) is 6.78. The minimum absolute atomic E-state index is 0.0490. The van der Waals surface area contributed by atoms with Crippen molar-refractivity contribution in [3.63, 3.8) is 0 Å². The summed E-state index contributed by atoms with van der Waals surface area (Å²) in [4.78, 5) is 13.3. The van der Waals surface area contributed by atoms with Crippen molar-refractivity contribution < 1.29 is 22.7 Å². The normalized spacial score (nSPS) is 16.4. The van der Waals surface area contributed by atoms with Crippen LogP contribution in [0.5, 0.6) is 5.75 Å². The van der Waals surface area contributed by atoms with Gasteiger partial charge in [0.15, 0.2) is 0 Å². The fourth-order valence-electron chi connectivity index (χ4n) is 2.73. The molecule has 7 heteroatoms. The van der Waals surface area contributed by atoms with Gasteiger partial charge in [-0.25, -0.2) is 4.39 Å². The Bertz CT molecular complexity index is 752. The second kappa shape index (κ2) is 7.82. The quantitative estimate of drug-likeness (QED) is 0.855. The van der Waals surface area contributed by atoms with E-state index in [1.165, 1.54) is 24.3 Å². The zero-order chi connectivity index (χ0) is 17.8. The highest BCUT2D eigenvalue weighted by molar-refractivity contribution is 7.99. The van der Waals surface area contributed by atoms with Gasteiger partial charge in [0.1, 0.15) is 11.6 Å². The average Bonchev–Trinajstić information content (AvgIpc) is 2.57. The summed E-state index contributed by atoms with van der Waals surface area (Å²) in [5.74, 6) is 0.376. The second-order valence-electron chi connectivity index (χ2n) is 5.64. The first-order chi connectivity index (χ1) is 12.0. The summed E-state index contributed by atoms with van der Waals surface area (Å²) in [6.07, 6.45) is 0.845. The van der Waals surface area contributed by atoms with Crippen molar-refractivity contribution in [3.8, 4) is 5.75 Å². The lowest BCUT2D eigenvalue weighted by Crippen LogP contribution is -2.31. The number of rotatable bonds is 5. The minimum atomic E-state index is -2.88. The summed E-state index contributed by atoms with van der Waals surface area (Å²) in [5, 5.41) is 2.93. The van der Waals surface area contributed by atoms with Crippen LogP contribution in [-0.2, 0) is 11.2 Å². The number of nitrogens with one attached hydrogen (secondary N) is 1. The maximum absolute atomic E-state index is 13.5. The Kier molecular flexibility index (Phi) is 5.53. The van der Waals surface area contributed by atoms with E-state index in [4.69, 9.17) is 0 Å². The molecule has 1 aliphatic rings. The number of carbonyl (C=O) groups excluding carboxylic acids is 1. The van der Waals surface area contributed by atoms with Gasteiger partial charge in [0.2, 0.25) is 5.91 Å². The largest absolute Gasteiger partial charge is 0.435 e. The molecule has 1 heterocycles. The van der Waals surface area contributed by atoms with Gasteiger partial charge in [-0.2, -0.15) is 8.78 Å². The highest BCUT2D eigenvalue weighted by Gasteiger charge is 2.23. The molecular formula is C18H16F3NO2S. The number of benzene rings is 2. The molecule has 1 amide bonds. The molecule has 0 saturated carbocycles. The predicted molar refractivity (Wildman–Crippen MR) is 89.4 cm³/mol. The van der Waals surface area contributed by atoms with Crippen LogP contribution in [0.4, 0.5) is 13.2 Å². The van der Waals surface area contributed by atoms with E-state index in [0.717, 1.165) is 22.6 Å². The Morgan fingerprint density at radius 2 is 2.00 bits per heavy atom. The van der Waals surface area contributed by atoms with Crippen LogP contribution in [0.1, 0.15) is 23.6 Å². The predicted octanol–water partition coefficient (Wildman–Crippen LogP) is 4.32. The Morgan fingerprint density at radius 1 is 1.24 bits per heavy atom. The molecule has 132 valence electrons. The fourth-order valence-corrected chi connectivity index (χ4v) is 3.84. The van der Waals surface area contributed by atoms with Crippen LogP contribution in [-0.4, -0.2) is 18.3 Å². The molecule has 1 unspecified atom stereocenters. The number of alkyl halides is 2. The monoisotopic (exact) mass is 367 g/mol. The summed E-state index contributed by atoms with van der Waals surface area (Å²) in [6, 6.07) is 10.3. The highest BCUT2D eigenvalue weighted by atomic mass is 32.2. The van der Waals surface area contributed by atoms with E-state index in [9.17, 15) is 18.0 Å². The van der Waals surface area contributed by atoms with Crippen molar-refractivity contribution in [2.24, 2.45) is 0 Å². The van der Waals surface area contributed by atoms with Crippen LogP contribution in [0.25, 0.3) is 0 Å². The van der Waals surface area contributed by atoms with Crippen LogP contribution in [0, 0.1) is 5.82 Å². The standard InChI is InChI=1S/C18H16F3NO2S/c19-12-3-6-16-14(10-12)15(7-8-25-16)22-17(23)9-11-1-4-13(5-2-11)24-18(20)21/h1-6,10,15,18H,7-9H2,(H,22,23). The molecule has 0 radical (unpaired) electrons. The molecule has 0 aliphatic carbocycles. The SMILES string of the molecule is O=C(Cc1ccc(OC(F)F)cc1)NC1CCSc2ccc(F)cc21. The van der Waals surface area contributed by atoms with Crippen molar-refractivity contribution >= 4 is 17.7 Å². The highest BCUT2D eigenvalue weighted by Crippen LogP contribution is 2.36. The van der Waals surface area contributed by atoms with Gasteiger partial charge in [0.25, 0.3) is 0 Å². The first-order valence-electron chi connectivity index (χ1n) is 7.76. The summed E-state index contributed by atoms with van der Waals surface area (Å²) in [5.41, 5.74) is 1.48. The molecule has 0 aromatic heterocycles. The molecule has 3 nitrogen and oxygen atoms in total. The lowest BCUT2D eigenvalue weighted by molar-refractivity contribution is -0.121. The van der Waals surface area contributed by atoms with Crippen molar-refractivity contribution in [2.75, 3.05) is 5.75 Å². The number of thioether (sulfide) groups is 1. The van der Waals surface area contributed by atoms with Crippen molar-refractivity contribution in [1.82, 2.24) is 5.32 Å². The summed E-state index contributed by atoms with van der Waals surface area (Å²) >= 11 is 1.65. The number of ether oxygens (including phenoxy) is 1. The van der Waals surface area contributed by atoms with Crippen molar-refractivity contribution in [3.05, 3.63) is 59.4 Å². The molecule has 0 fully saturated rings. The van der Waals surface area contributed by atoms with Crippen LogP contribution in [0.15, 0.2) is 47.4 Å². The van der Waals surface area contributed by atoms with Crippen LogP contribution < -0.4 is 10.1 Å². The van der Waals surface area contributed by atoms with Gasteiger partial charge in [-0.1, -0.05) is 12.1 Å². The lowest BCUT2D eigenvalue weighted by atomic mass is 10.0. The molecule has 1 aliphatic heterocycles. The third kappa shape index (κ3) is 4.69. The Balaban J connectivity index is 1.63. The number of amides is 1. The molecule has 2 aromatic carbocycles. The number of hydrogen-bond donors (Lipinski definition) is 1. The molecule has 3 rings (SSSR count). The summed E-state index contributed by atoms with van der Waals surface area (Å²) in [6.45, 7) is -2.88. The van der Waals surface area contributed by atoms with E-state index in [-0.39, 0.29) is 29.9 Å². The smallest absolute Gasteiger partial charge is 0.387 e. The van der Waals surface area contributed by atoms with Crippen LogP contribution in [0.2, 0.25) is 0 Å². The molecule has 0 spiro atoms. The fraction of sp³-hybridized carbons (Fsp3) is 0.278. The molecule has 0 bridgehead atoms. The van der Waals surface area contributed by atoms with E-state index in [0.29, 0.717) is 5.56 Å². The molecular weight excluding hydrogens is 351 g/mol. The van der Waals surface area contributed by atoms with Crippen LogP contribution >= 0.6 is 11.8 Å². The van der Waals surface area contributed by atoms with E-state index in [1.54, 1.807) is 30.0 Å². The molecule has 1 atom stereocenters. The third-order valence-electron chi connectivity index (χ3n) is 3.86. The Morgan fingerprint density at radius 3 is 2.72 bits per heavy atom. The van der Waals surface area contributed by atoms with Gasteiger partial charge < -0.3 is 10.1 Å². The van der Waals surface area contributed by atoms with Gasteiger partial charge >= 0.3 is 6.61 Å². The number of carbonyl (C=O) groups is 1. The van der Waals surface area contributed by atoms with E-state index in [2.05, 4.69) is 10.1 Å². The third-order valence-corrected chi connectivity index (χ3v) is 4.98. The van der Waals surface area contributed by atoms with Crippen LogP contribution in [0.3, 0.4) is 0 Å². The maximum atomic E-state index is 13.5. The molecule has 0 saturated heterocycles. The Labute approximate surface area is 147 Å².